The van der Waals surface area contributed by atoms with Gasteiger partial charge in [0, 0.05) is 37.8 Å². The van der Waals surface area contributed by atoms with Gasteiger partial charge < -0.3 is 11.1 Å². The van der Waals surface area contributed by atoms with Gasteiger partial charge in [0.1, 0.15) is 0 Å². The maximum atomic E-state index is 11.2. The molecular weight excluding hydrogens is 322 g/mol. The van der Waals surface area contributed by atoms with Crippen molar-refractivity contribution in [2.75, 3.05) is 11.9 Å². The smallest absolute Gasteiger partial charge is 0.221 e. The van der Waals surface area contributed by atoms with Crippen LogP contribution in [0.5, 0.6) is 0 Å². The van der Waals surface area contributed by atoms with Crippen molar-refractivity contribution in [1.82, 2.24) is 4.90 Å². The summed E-state index contributed by atoms with van der Waals surface area (Å²) in [6.45, 7) is 3.79. The lowest BCUT2D eigenvalue weighted by atomic mass is 9.86. The van der Waals surface area contributed by atoms with E-state index >= 15 is 0 Å². The zero-order chi connectivity index (χ0) is 18.4. The topological polar surface area (TPSA) is 58.4 Å². The summed E-state index contributed by atoms with van der Waals surface area (Å²) in [6, 6.07) is 9.44. The molecule has 3 rings (SSSR count). The zero-order valence-corrected chi connectivity index (χ0v) is 16.3. The SMILES string of the molecule is CC(=O)Nc1ccc(CN(CC2CCCCC2)C2CCC(N)CC2)cc1. The van der Waals surface area contributed by atoms with Crippen LogP contribution in [0.1, 0.15) is 70.3 Å². The molecule has 3 N–H and O–H groups in total. The molecule has 2 aliphatic carbocycles. The number of anilines is 1. The van der Waals surface area contributed by atoms with E-state index < -0.39 is 0 Å². The molecule has 1 aromatic carbocycles. The molecule has 2 saturated carbocycles. The molecule has 0 aromatic heterocycles. The summed E-state index contributed by atoms with van der Waals surface area (Å²) in [6.07, 6.45) is 11.8. The highest BCUT2D eigenvalue weighted by Gasteiger charge is 2.27. The fourth-order valence-corrected chi connectivity index (χ4v) is 4.64. The molecule has 0 saturated heterocycles. The molecule has 0 unspecified atom stereocenters. The molecule has 4 heteroatoms. The number of carbonyl (C=O) groups is 1. The molecule has 1 amide bonds. The first kappa shape index (κ1) is 19.4. The minimum Gasteiger partial charge on any atom is -0.328 e. The molecule has 0 bridgehead atoms. The van der Waals surface area contributed by atoms with Crippen LogP contribution in [0, 0.1) is 5.92 Å². The van der Waals surface area contributed by atoms with Crippen LogP contribution in [0.15, 0.2) is 24.3 Å². The predicted octanol–water partition coefficient (Wildman–Crippen LogP) is 4.30. The minimum atomic E-state index is -0.0183. The van der Waals surface area contributed by atoms with Gasteiger partial charge in [0.15, 0.2) is 0 Å². The average molecular weight is 358 g/mol. The van der Waals surface area contributed by atoms with Gasteiger partial charge in [-0.05, 0) is 62.1 Å². The van der Waals surface area contributed by atoms with Gasteiger partial charge in [-0.25, -0.2) is 0 Å². The minimum absolute atomic E-state index is 0.0183. The second kappa shape index (κ2) is 9.52. The Hall–Kier alpha value is -1.39. The fourth-order valence-electron chi connectivity index (χ4n) is 4.64. The Balaban J connectivity index is 1.64. The van der Waals surface area contributed by atoms with Gasteiger partial charge in [0.05, 0.1) is 0 Å². The number of nitrogens with one attached hydrogen (secondary N) is 1. The number of carbonyl (C=O) groups excluding carboxylic acids is 1. The first-order chi connectivity index (χ1) is 12.6. The Labute approximate surface area is 158 Å². The van der Waals surface area contributed by atoms with Crippen molar-refractivity contribution in [3.05, 3.63) is 29.8 Å². The van der Waals surface area contributed by atoms with Crippen LogP contribution in [0.3, 0.4) is 0 Å². The summed E-state index contributed by atoms with van der Waals surface area (Å²) in [7, 11) is 0. The van der Waals surface area contributed by atoms with Gasteiger partial charge in [0.2, 0.25) is 5.91 Å². The molecule has 0 heterocycles. The van der Waals surface area contributed by atoms with Crippen molar-refractivity contribution in [1.29, 1.82) is 0 Å². The summed E-state index contributed by atoms with van der Waals surface area (Å²) in [5.41, 5.74) is 8.35. The Morgan fingerprint density at radius 1 is 1.04 bits per heavy atom. The number of rotatable bonds is 6. The number of nitrogens with zero attached hydrogens (tertiary/aromatic N) is 1. The van der Waals surface area contributed by atoms with Gasteiger partial charge >= 0.3 is 0 Å². The van der Waals surface area contributed by atoms with Crippen molar-refractivity contribution in [3.63, 3.8) is 0 Å². The van der Waals surface area contributed by atoms with E-state index in [1.165, 1.54) is 57.1 Å². The van der Waals surface area contributed by atoms with E-state index in [0.717, 1.165) is 31.0 Å². The molecule has 2 aliphatic rings. The molecular formula is C22H35N3O. The Morgan fingerprint density at radius 2 is 1.69 bits per heavy atom. The van der Waals surface area contributed by atoms with Crippen LogP contribution in [0.4, 0.5) is 5.69 Å². The van der Waals surface area contributed by atoms with E-state index in [1.807, 2.05) is 12.1 Å². The number of amides is 1. The van der Waals surface area contributed by atoms with E-state index in [9.17, 15) is 4.79 Å². The lowest BCUT2D eigenvalue weighted by Gasteiger charge is -2.39. The molecule has 4 nitrogen and oxygen atoms in total. The van der Waals surface area contributed by atoms with Crippen LogP contribution in [-0.2, 0) is 11.3 Å². The van der Waals surface area contributed by atoms with Crippen molar-refractivity contribution >= 4 is 11.6 Å². The normalized spacial score (nSPS) is 24.6. The Bertz CT molecular complexity index is 557. The van der Waals surface area contributed by atoms with Crippen molar-refractivity contribution in [2.45, 2.75) is 83.3 Å². The molecule has 0 radical (unpaired) electrons. The van der Waals surface area contributed by atoms with Crippen molar-refractivity contribution < 1.29 is 4.79 Å². The highest BCUT2D eigenvalue weighted by molar-refractivity contribution is 5.88. The monoisotopic (exact) mass is 357 g/mol. The van der Waals surface area contributed by atoms with Crippen LogP contribution >= 0.6 is 0 Å². The largest absolute Gasteiger partial charge is 0.328 e. The van der Waals surface area contributed by atoms with Crippen LogP contribution in [0.25, 0.3) is 0 Å². The summed E-state index contributed by atoms with van der Waals surface area (Å²) >= 11 is 0. The van der Waals surface area contributed by atoms with Gasteiger partial charge in [-0.2, -0.15) is 0 Å². The van der Waals surface area contributed by atoms with Gasteiger partial charge in [-0.15, -0.1) is 0 Å². The third-order valence-electron chi connectivity index (χ3n) is 6.14. The van der Waals surface area contributed by atoms with E-state index in [-0.39, 0.29) is 5.91 Å². The van der Waals surface area contributed by atoms with Crippen LogP contribution in [-0.4, -0.2) is 29.4 Å². The second-order valence-corrected chi connectivity index (χ2v) is 8.38. The van der Waals surface area contributed by atoms with Crippen molar-refractivity contribution in [2.24, 2.45) is 11.7 Å². The molecule has 0 aliphatic heterocycles. The van der Waals surface area contributed by atoms with Gasteiger partial charge in [-0.1, -0.05) is 31.4 Å². The average Bonchev–Trinajstić information content (AvgIpc) is 2.64. The standard InChI is InChI=1S/C22H35N3O/c1-17(26)24-21-11-7-19(8-12-21)16-25(15-18-5-3-2-4-6-18)22-13-9-20(23)10-14-22/h7-8,11-12,18,20,22H,2-6,9-10,13-16,23H2,1H3,(H,24,26). The zero-order valence-electron chi connectivity index (χ0n) is 16.3. The second-order valence-electron chi connectivity index (χ2n) is 8.38. The molecule has 144 valence electrons. The molecule has 0 spiro atoms. The van der Waals surface area contributed by atoms with E-state index in [4.69, 9.17) is 5.73 Å². The first-order valence-corrected chi connectivity index (χ1v) is 10.5. The Morgan fingerprint density at radius 3 is 2.31 bits per heavy atom. The molecule has 0 atom stereocenters. The molecule has 2 fully saturated rings. The van der Waals surface area contributed by atoms with Gasteiger partial charge in [-0.3, -0.25) is 9.69 Å². The number of hydrogen-bond donors (Lipinski definition) is 2. The summed E-state index contributed by atoms with van der Waals surface area (Å²) in [5.74, 6) is 0.841. The summed E-state index contributed by atoms with van der Waals surface area (Å²) in [5, 5.41) is 2.85. The van der Waals surface area contributed by atoms with Crippen molar-refractivity contribution in [3.8, 4) is 0 Å². The lowest BCUT2D eigenvalue weighted by molar-refractivity contribution is -0.114. The van der Waals surface area contributed by atoms with E-state index in [1.54, 1.807) is 6.92 Å². The fraction of sp³-hybridized carbons (Fsp3) is 0.682. The lowest BCUT2D eigenvalue weighted by Crippen LogP contribution is -2.43. The number of benzene rings is 1. The molecule has 26 heavy (non-hydrogen) atoms. The number of hydrogen-bond acceptors (Lipinski definition) is 3. The summed E-state index contributed by atoms with van der Waals surface area (Å²) < 4.78 is 0. The predicted molar refractivity (Wildman–Crippen MR) is 108 cm³/mol. The summed E-state index contributed by atoms with van der Waals surface area (Å²) in [4.78, 5) is 13.9. The third kappa shape index (κ3) is 5.82. The Kier molecular flexibility index (Phi) is 7.09. The molecule has 1 aromatic rings. The highest BCUT2D eigenvalue weighted by Crippen LogP contribution is 2.29. The van der Waals surface area contributed by atoms with Crippen LogP contribution in [0.2, 0.25) is 0 Å². The quantitative estimate of drug-likeness (QED) is 0.798. The maximum Gasteiger partial charge on any atom is 0.221 e. The van der Waals surface area contributed by atoms with E-state index in [0.29, 0.717) is 12.1 Å². The van der Waals surface area contributed by atoms with Crippen LogP contribution < -0.4 is 11.1 Å². The number of nitrogens with two attached hydrogens (primary N) is 1. The maximum absolute atomic E-state index is 11.2. The van der Waals surface area contributed by atoms with E-state index in [2.05, 4.69) is 22.3 Å². The van der Waals surface area contributed by atoms with Gasteiger partial charge in [0.25, 0.3) is 0 Å². The highest BCUT2D eigenvalue weighted by atomic mass is 16.1. The third-order valence-corrected chi connectivity index (χ3v) is 6.14. The first-order valence-electron chi connectivity index (χ1n) is 10.5.